The minimum Gasteiger partial charge on any atom is -0.465 e. The van der Waals surface area contributed by atoms with Gasteiger partial charge in [0.1, 0.15) is 37.9 Å². The Balaban J connectivity index is 1.12. The highest BCUT2D eigenvalue weighted by Crippen LogP contribution is 2.21. The lowest BCUT2D eigenvalue weighted by atomic mass is 10.1. The molecule has 0 atom stereocenters. The first kappa shape index (κ1) is 43.8. The normalized spacial score (nSPS) is 14.9. The van der Waals surface area contributed by atoms with Gasteiger partial charge in [0, 0.05) is 22.5 Å². The van der Waals surface area contributed by atoms with Crippen LogP contribution in [0.4, 0.5) is 11.4 Å². The zero-order valence-corrected chi connectivity index (χ0v) is 34.5. The van der Waals surface area contributed by atoms with Crippen molar-refractivity contribution in [2.45, 2.75) is 0 Å². The summed E-state index contributed by atoms with van der Waals surface area (Å²) in [4.78, 5) is 83.8. The lowest BCUT2D eigenvalue weighted by Gasteiger charge is -2.25. The standard InChI is InChI=1S/C50H42N2O12/c53-45(21-19-39-13-7-27-59-39)35-9-5-11-37(33-35)51-23-29-61-47(55)41-15-1-2-16-42(41)48(56)62-30-24-52(38-12-6-10-36(34-38)46(54)22-20-40-14-8-28-60-40)26-32-64-50(58)44-18-4-3-17-43(44)49(57)63-31-25-51/h1-22,27-28,33-34H,23-26,29-32H2/b21-19+,22-20+. The monoisotopic (exact) mass is 862 g/mol. The molecular formula is C50H42N2O12. The lowest BCUT2D eigenvalue weighted by Crippen LogP contribution is -2.33. The summed E-state index contributed by atoms with van der Waals surface area (Å²) >= 11 is 0. The maximum absolute atomic E-state index is 13.5. The second-order valence-corrected chi connectivity index (χ2v) is 14.1. The van der Waals surface area contributed by atoms with E-state index >= 15 is 0 Å². The largest absolute Gasteiger partial charge is 0.465 e. The minimum absolute atomic E-state index is 0.0117. The fourth-order valence-electron chi connectivity index (χ4n) is 6.72. The Morgan fingerprint density at radius 3 is 1.08 bits per heavy atom. The Labute approximate surface area is 367 Å². The fourth-order valence-corrected chi connectivity index (χ4v) is 6.72. The summed E-state index contributed by atoms with van der Waals surface area (Å²) in [7, 11) is 0. The number of carbonyl (C=O) groups excluding carboxylic acids is 6. The van der Waals surface area contributed by atoms with Crippen LogP contribution in [0.5, 0.6) is 0 Å². The number of carbonyl (C=O) groups is 6. The van der Waals surface area contributed by atoms with Gasteiger partial charge in [0.05, 0.1) is 61.0 Å². The summed E-state index contributed by atoms with van der Waals surface area (Å²) in [6.45, 7) is -0.229. The average Bonchev–Trinajstić information content (AvgIpc) is 4.07. The van der Waals surface area contributed by atoms with Gasteiger partial charge in [-0.2, -0.15) is 0 Å². The highest BCUT2D eigenvalue weighted by atomic mass is 16.5. The van der Waals surface area contributed by atoms with Crippen molar-refractivity contribution in [3.63, 3.8) is 0 Å². The van der Waals surface area contributed by atoms with Crippen LogP contribution in [-0.2, 0) is 18.9 Å². The zero-order valence-electron chi connectivity index (χ0n) is 34.5. The number of anilines is 2. The summed E-state index contributed by atoms with van der Waals surface area (Å²) in [5.74, 6) is -2.62. The van der Waals surface area contributed by atoms with E-state index in [9.17, 15) is 28.8 Å². The second-order valence-electron chi connectivity index (χ2n) is 14.1. The number of fused-ring (bicyclic) bond motifs is 2. The van der Waals surface area contributed by atoms with Gasteiger partial charge >= 0.3 is 23.9 Å². The van der Waals surface area contributed by atoms with Crippen LogP contribution in [-0.4, -0.2) is 88.1 Å². The molecule has 64 heavy (non-hydrogen) atoms. The Morgan fingerprint density at radius 1 is 0.422 bits per heavy atom. The average molecular weight is 863 g/mol. The maximum atomic E-state index is 13.5. The molecule has 2 aromatic heterocycles. The third kappa shape index (κ3) is 11.6. The molecule has 1 aliphatic heterocycles. The number of hydrogen-bond donors (Lipinski definition) is 0. The number of cyclic esters (lactones) is 4. The van der Waals surface area contributed by atoms with Gasteiger partial charge in [0.2, 0.25) is 0 Å². The Kier molecular flexibility index (Phi) is 14.7. The molecule has 0 aliphatic carbocycles. The first-order valence-electron chi connectivity index (χ1n) is 20.3. The van der Waals surface area contributed by atoms with Gasteiger partial charge in [-0.3, -0.25) is 9.59 Å². The predicted octanol–water partition coefficient (Wildman–Crippen LogP) is 8.02. The molecule has 1 aliphatic rings. The number of esters is 4. The fraction of sp³-hybridized carbons (Fsp3) is 0.160. The van der Waals surface area contributed by atoms with Crippen LogP contribution in [0.2, 0.25) is 0 Å². The number of ether oxygens (including phenoxy) is 4. The number of ketones is 2. The van der Waals surface area contributed by atoms with Crippen molar-refractivity contribution in [2.24, 2.45) is 0 Å². The van der Waals surface area contributed by atoms with Crippen molar-refractivity contribution < 1.29 is 56.5 Å². The third-order valence-corrected chi connectivity index (χ3v) is 9.99. The highest BCUT2D eigenvalue weighted by molar-refractivity contribution is 6.08. The molecule has 0 fully saturated rings. The summed E-state index contributed by atoms with van der Waals surface area (Å²) in [6.07, 6.45) is 8.90. The van der Waals surface area contributed by atoms with Crippen LogP contribution in [0.25, 0.3) is 12.2 Å². The summed E-state index contributed by atoms with van der Waals surface area (Å²) in [6, 6.07) is 32.7. The van der Waals surface area contributed by atoms with Crippen molar-refractivity contribution >= 4 is 59.0 Å². The first-order valence-corrected chi connectivity index (χ1v) is 20.3. The molecule has 0 bridgehead atoms. The second kappa shape index (κ2) is 21.5. The van der Waals surface area contributed by atoms with Gasteiger partial charge in [-0.1, -0.05) is 48.5 Å². The summed E-state index contributed by atoms with van der Waals surface area (Å²) in [5.41, 5.74) is 1.83. The molecule has 3 heterocycles. The van der Waals surface area contributed by atoms with Crippen LogP contribution in [0.3, 0.4) is 0 Å². The van der Waals surface area contributed by atoms with Crippen molar-refractivity contribution in [3.05, 3.63) is 191 Å². The van der Waals surface area contributed by atoms with Gasteiger partial charge in [0.25, 0.3) is 0 Å². The smallest absolute Gasteiger partial charge is 0.339 e. The van der Waals surface area contributed by atoms with E-state index in [2.05, 4.69) is 0 Å². The van der Waals surface area contributed by atoms with Gasteiger partial charge in [0.15, 0.2) is 11.6 Å². The molecule has 14 heteroatoms. The highest BCUT2D eigenvalue weighted by Gasteiger charge is 2.23. The lowest BCUT2D eigenvalue weighted by molar-refractivity contribution is 0.0447. The Bertz CT molecular complexity index is 2400. The van der Waals surface area contributed by atoms with Crippen LogP contribution in [0.1, 0.15) is 73.7 Å². The molecule has 6 aromatic rings. The number of hydrogen-bond acceptors (Lipinski definition) is 14. The Morgan fingerprint density at radius 2 is 0.766 bits per heavy atom. The van der Waals surface area contributed by atoms with E-state index in [0.29, 0.717) is 34.0 Å². The van der Waals surface area contributed by atoms with E-state index < -0.39 is 23.9 Å². The zero-order chi connectivity index (χ0) is 44.7. The van der Waals surface area contributed by atoms with Crippen LogP contribution in [0.15, 0.2) is 155 Å². The first-order chi connectivity index (χ1) is 31.2. The topological polar surface area (TPSA) is 172 Å². The van der Waals surface area contributed by atoms with E-state index in [1.165, 1.54) is 48.9 Å². The molecule has 0 unspecified atom stereocenters. The van der Waals surface area contributed by atoms with E-state index in [1.807, 2.05) is 0 Å². The van der Waals surface area contributed by atoms with Gasteiger partial charge in [-0.25, -0.2) is 19.2 Å². The van der Waals surface area contributed by atoms with Gasteiger partial charge in [-0.05, 0) is 97.1 Å². The maximum Gasteiger partial charge on any atom is 0.339 e. The Hall–Kier alpha value is -8.26. The molecule has 0 amide bonds. The van der Waals surface area contributed by atoms with Crippen molar-refractivity contribution in [2.75, 3.05) is 62.4 Å². The molecule has 0 saturated carbocycles. The molecule has 0 saturated heterocycles. The van der Waals surface area contributed by atoms with Crippen molar-refractivity contribution in [3.8, 4) is 0 Å². The van der Waals surface area contributed by atoms with Gasteiger partial charge < -0.3 is 37.6 Å². The van der Waals surface area contributed by atoms with E-state index in [4.69, 9.17) is 27.8 Å². The number of furan rings is 2. The summed E-state index contributed by atoms with van der Waals surface area (Å²) in [5, 5.41) is 0. The van der Waals surface area contributed by atoms with Gasteiger partial charge in [-0.15, -0.1) is 0 Å². The molecule has 4 aromatic carbocycles. The molecule has 7 rings (SSSR count). The third-order valence-electron chi connectivity index (χ3n) is 9.99. The predicted molar refractivity (Wildman–Crippen MR) is 235 cm³/mol. The van der Waals surface area contributed by atoms with Crippen LogP contribution in [0, 0.1) is 0 Å². The SMILES string of the molecule is O=C(/C=C/c1ccco1)c1cccc(N2CCOC(=O)c3ccccc3C(=O)OCCN(c3cccc(C(=O)/C=C/c4ccco4)c3)CCOC(=O)c3ccccc3C(=O)OCC2)c1. The summed E-state index contributed by atoms with van der Waals surface area (Å²) < 4.78 is 33.3. The number of nitrogens with zero attached hydrogens (tertiary/aromatic N) is 2. The van der Waals surface area contributed by atoms with E-state index in [1.54, 1.807) is 119 Å². The van der Waals surface area contributed by atoms with Crippen LogP contribution < -0.4 is 9.80 Å². The number of rotatable bonds is 8. The molecule has 14 nitrogen and oxygen atoms in total. The molecule has 324 valence electrons. The van der Waals surface area contributed by atoms with Crippen molar-refractivity contribution in [1.82, 2.24) is 0 Å². The van der Waals surface area contributed by atoms with Crippen molar-refractivity contribution in [1.29, 1.82) is 0 Å². The quantitative estimate of drug-likeness (QED) is 0.0623. The molecule has 0 N–H and O–H groups in total. The molecule has 0 spiro atoms. The minimum atomic E-state index is -0.768. The number of allylic oxidation sites excluding steroid dienone is 2. The van der Waals surface area contributed by atoms with E-state index in [-0.39, 0.29) is 86.4 Å². The number of benzene rings is 4. The van der Waals surface area contributed by atoms with Crippen LogP contribution >= 0.6 is 0 Å². The van der Waals surface area contributed by atoms with E-state index in [0.717, 1.165) is 0 Å². The molecule has 0 radical (unpaired) electrons. The molecular weight excluding hydrogens is 821 g/mol.